The standard InChI is InChI=1S/C19H18N6O2/c20-19-23-17(22-14-5-1-12(9-26)2-6-14)16-18(24-19)25(11-21-16)15-7-3-13(10-27)4-8-15/h1-8,11,26-27H,9-10H2,(H3,20,22,23,24). The topological polar surface area (TPSA) is 122 Å². The molecule has 0 radical (unpaired) electrons. The van der Waals surface area contributed by atoms with Crippen molar-refractivity contribution in [2.24, 2.45) is 0 Å². The van der Waals surface area contributed by atoms with Gasteiger partial charge < -0.3 is 21.3 Å². The van der Waals surface area contributed by atoms with Gasteiger partial charge in [-0.15, -0.1) is 0 Å². The van der Waals surface area contributed by atoms with Gasteiger partial charge in [-0.05, 0) is 35.4 Å². The van der Waals surface area contributed by atoms with Crippen molar-refractivity contribution < 1.29 is 10.2 Å². The number of nitrogens with one attached hydrogen (secondary N) is 1. The molecular formula is C19H18N6O2. The van der Waals surface area contributed by atoms with Crippen LogP contribution in [0.2, 0.25) is 0 Å². The molecule has 0 fully saturated rings. The quantitative estimate of drug-likeness (QED) is 0.429. The van der Waals surface area contributed by atoms with Crippen LogP contribution in [0.25, 0.3) is 16.9 Å². The predicted octanol–water partition coefficient (Wildman–Crippen LogP) is 2.13. The number of aromatic nitrogens is 4. The summed E-state index contributed by atoms with van der Waals surface area (Å²) in [5.41, 5.74) is 10.4. The molecule has 0 spiro atoms. The molecule has 0 saturated carbocycles. The summed E-state index contributed by atoms with van der Waals surface area (Å²) in [6, 6.07) is 14.8. The van der Waals surface area contributed by atoms with E-state index in [0.717, 1.165) is 22.5 Å². The highest BCUT2D eigenvalue weighted by Crippen LogP contribution is 2.25. The van der Waals surface area contributed by atoms with Crippen LogP contribution in [0.1, 0.15) is 11.1 Å². The lowest BCUT2D eigenvalue weighted by Crippen LogP contribution is -2.03. The Labute approximate surface area is 155 Å². The fourth-order valence-electron chi connectivity index (χ4n) is 2.79. The van der Waals surface area contributed by atoms with E-state index in [1.807, 2.05) is 53.1 Å². The lowest BCUT2D eigenvalue weighted by atomic mass is 10.2. The number of hydrogen-bond donors (Lipinski definition) is 4. The molecule has 0 aliphatic rings. The summed E-state index contributed by atoms with van der Waals surface area (Å²) in [5.74, 6) is 0.630. The van der Waals surface area contributed by atoms with Crippen molar-refractivity contribution in [2.75, 3.05) is 11.1 Å². The van der Waals surface area contributed by atoms with Crippen LogP contribution in [0.4, 0.5) is 17.5 Å². The van der Waals surface area contributed by atoms with Crippen molar-refractivity contribution in [1.29, 1.82) is 0 Å². The van der Waals surface area contributed by atoms with Crippen LogP contribution in [0.5, 0.6) is 0 Å². The van der Waals surface area contributed by atoms with Gasteiger partial charge in [-0.1, -0.05) is 24.3 Å². The summed E-state index contributed by atoms with van der Waals surface area (Å²) in [6.07, 6.45) is 1.66. The molecular weight excluding hydrogens is 344 g/mol. The van der Waals surface area contributed by atoms with E-state index in [-0.39, 0.29) is 19.2 Å². The van der Waals surface area contributed by atoms with Gasteiger partial charge in [0.05, 0.1) is 13.2 Å². The van der Waals surface area contributed by atoms with Gasteiger partial charge >= 0.3 is 0 Å². The average molecular weight is 362 g/mol. The Morgan fingerprint density at radius 3 is 2.15 bits per heavy atom. The van der Waals surface area contributed by atoms with Gasteiger partial charge in [-0.25, -0.2) is 4.98 Å². The van der Waals surface area contributed by atoms with Gasteiger partial charge in [-0.3, -0.25) is 4.57 Å². The third-order valence-corrected chi connectivity index (χ3v) is 4.21. The molecule has 2 heterocycles. The third-order valence-electron chi connectivity index (χ3n) is 4.21. The first kappa shape index (κ1) is 17.0. The Morgan fingerprint density at radius 2 is 1.52 bits per heavy atom. The van der Waals surface area contributed by atoms with Gasteiger partial charge in [0.15, 0.2) is 17.0 Å². The lowest BCUT2D eigenvalue weighted by molar-refractivity contribution is 0.281. The maximum absolute atomic E-state index is 9.20. The van der Waals surface area contributed by atoms with E-state index < -0.39 is 0 Å². The fraction of sp³-hybridized carbons (Fsp3) is 0.105. The molecule has 136 valence electrons. The summed E-state index contributed by atoms with van der Waals surface area (Å²) in [7, 11) is 0. The Bertz CT molecular complexity index is 1070. The molecule has 2 aromatic carbocycles. The fourth-order valence-corrected chi connectivity index (χ4v) is 2.79. The van der Waals surface area contributed by atoms with Gasteiger partial charge in [0.1, 0.15) is 6.33 Å². The Kier molecular flexibility index (Phi) is 4.41. The van der Waals surface area contributed by atoms with Gasteiger partial charge in [-0.2, -0.15) is 9.97 Å². The highest BCUT2D eigenvalue weighted by Gasteiger charge is 2.13. The second-order valence-corrected chi connectivity index (χ2v) is 6.02. The van der Waals surface area contributed by atoms with Crippen molar-refractivity contribution in [2.45, 2.75) is 13.2 Å². The van der Waals surface area contributed by atoms with Crippen LogP contribution in [0.3, 0.4) is 0 Å². The Morgan fingerprint density at radius 1 is 0.889 bits per heavy atom. The number of imidazole rings is 1. The molecule has 0 bridgehead atoms. The van der Waals surface area contributed by atoms with Crippen molar-refractivity contribution in [3.63, 3.8) is 0 Å². The molecule has 0 atom stereocenters. The molecule has 8 heteroatoms. The normalized spacial score (nSPS) is 11.0. The van der Waals surface area contributed by atoms with E-state index in [4.69, 9.17) is 10.8 Å². The number of aliphatic hydroxyl groups excluding tert-OH is 2. The van der Waals surface area contributed by atoms with Crippen molar-refractivity contribution >= 4 is 28.6 Å². The molecule has 0 saturated heterocycles. The van der Waals surface area contributed by atoms with E-state index >= 15 is 0 Å². The smallest absolute Gasteiger partial charge is 0.224 e. The van der Waals surface area contributed by atoms with Crippen LogP contribution >= 0.6 is 0 Å². The summed E-state index contributed by atoms with van der Waals surface area (Å²) in [4.78, 5) is 13.0. The minimum atomic E-state index is -0.0107. The first-order chi connectivity index (χ1) is 13.2. The Balaban J connectivity index is 1.74. The maximum atomic E-state index is 9.20. The molecule has 0 aliphatic heterocycles. The van der Waals surface area contributed by atoms with E-state index in [1.165, 1.54) is 0 Å². The van der Waals surface area contributed by atoms with Crippen LogP contribution in [0, 0.1) is 0 Å². The minimum absolute atomic E-state index is 0.00947. The van der Waals surface area contributed by atoms with E-state index in [1.54, 1.807) is 6.33 Å². The minimum Gasteiger partial charge on any atom is -0.392 e. The van der Waals surface area contributed by atoms with Gasteiger partial charge in [0, 0.05) is 11.4 Å². The van der Waals surface area contributed by atoms with E-state index in [9.17, 15) is 5.11 Å². The SMILES string of the molecule is Nc1nc(Nc2ccc(CO)cc2)c2ncn(-c3ccc(CO)cc3)c2n1. The van der Waals surface area contributed by atoms with E-state index in [2.05, 4.69) is 20.3 Å². The zero-order valence-corrected chi connectivity index (χ0v) is 14.4. The molecule has 4 aromatic rings. The predicted molar refractivity (Wildman–Crippen MR) is 103 cm³/mol. The van der Waals surface area contributed by atoms with Gasteiger partial charge in [0.25, 0.3) is 0 Å². The highest BCUT2D eigenvalue weighted by atomic mass is 16.3. The molecule has 0 aliphatic carbocycles. The molecule has 0 unspecified atom stereocenters. The highest BCUT2D eigenvalue weighted by molar-refractivity contribution is 5.87. The maximum Gasteiger partial charge on any atom is 0.224 e. The monoisotopic (exact) mass is 362 g/mol. The molecule has 0 amide bonds. The van der Waals surface area contributed by atoms with Crippen LogP contribution in [-0.2, 0) is 13.2 Å². The largest absolute Gasteiger partial charge is 0.392 e. The molecule has 2 aromatic heterocycles. The average Bonchev–Trinajstić information content (AvgIpc) is 3.12. The first-order valence-corrected chi connectivity index (χ1v) is 8.35. The lowest BCUT2D eigenvalue weighted by Gasteiger charge is -2.09. The van der Waals surface area contributed by atoms with Gasteiger partial charge in [0.2, 0.25) is 5.95 Å². The summed E-state index contributed by atoms with van der Waals surface area (Å²) in [6.45, 7) is -0.0202. The first-order valence-electron chi connectivity index (χ1n) is 8.35. The van der Waals surface area contributed by atoms with Crippen molar-refractivity contribution in [3.8, 4) is 5.69 Å². The number of fused-ring (bicyclic) bond motifs is 1. The number of nitrogen functional groups attached to an aromatic ring is 1. The van der Waals surface area contributed by atoms with Crippen LogP contribution in [-0.4, -0.2) is 29.7 Å². The molecule has 8 nitrogen and oxygen atoms in total. The molecule has 5 N–H and O–H groups in total. The number of rotatable bonds is 5. The summed E-state index contributed by atoms with van der Waals surface area (Å²) < 4.78 is 1.81. The third kappa shape index (κ3) is 3.31. The number of nitrogens with zero attached hydrogens (tertiary/aromatic N) is 4. The summed E-state index contributed by atoms with van der Waals surface area (Å²) in [5, 5.41) is 21.6. The number of nitrogens with two attached hydrogens (primary N) is 1. The summed E-state index contributed by atoms with van der Waals surface area (Å²) >= 11 is 0. The second-order valence-electron chi connectivity index (χ2n) is 6.02. The van der Waals surface area contributed by atoms with Crippen molar-refractivity contribution in [3.05, 3.63) is 66.0 Å². The number of hydrogen-bond acceptors (Lipinski definition) is 7. The second kappa shape index (κ2) is 7.02. The molecule has 4 rings (SSSR count). The van der Waals surface area contributed by atoms with Crippen LogP contribution in [0.15, 0.2) is 54.9 Å². The number of benzene rings is 2. The molecule has 27 heavy (non-hydrogen) atoms. The zero-order chi connectivity index (χ0) is 18.8. The van der Waals surface area contributed by atoms with Crippen molar-refractivity contribution in [1.82, 2.24) is 19.5 Å². The number of aliphatic hydroxyl groups is 2. The number of anilines is 3. The zero-order valence-electron chi connectivity index (χ0n) is 14.4. The Hall–Kier alpha value is -3.49. The van der Waals surface area contributed by atoms with E-state index in [0.29, 0.717) is 17.0 Å². The van der Waals surface area contributed by atoms with Crippen LogP contribution < -0.4 is 11.1 Å².